The predicted molar refractivity (Wildman–Crippen MR) is 84.8 cm³/mol. The number of para-hydroxylation sites is 1. The van der Waals surface area contributed by atoms with E-state index in [0.29, 0.717) is 16.6 Å². The molecule has 100 valence electrons. The molecule has 1 aromatic heterocycles. The lowest BCUT2D eigenvalue weighted by Gasteiger charge is -2.10. The monoisotopic (exact) mass is 348 g/mol. The van der Waals surface area contributed by atoms with Crippen molar-refractivity contribution >= 4 is 38.4 Å². The standard InChI is InChI=1S/C15H10BrClN2O/c1-9-7-8-11-12(13(9)16)14(20)19(15(17)18-11)10-5-3-2-4-6-10/h2-8H,1H3. The van der Waals surface area contributed by atoms with E-state index in [4.69, 9.17) is 11.6 Å². The highest BCUT2D eigenvalue weighted by molar-refractivity contribution is 9.10. The zero-order valence-electron chi connectivity index (χ0n) is 10.6. The molecule has 0 aliphatic carbocycles. The molecule has 3 nitrogen and oxygen atoms in total. The van der Waals surface area contributed by atoms with Gasteiger partial charge in [0, 0.05) is 4.47 Å². The Kier molecular flexibility index (Phi) is 3.36. The number of nitrogens with zero attached hydrogens (tertiary/aromatic N) is 2. The van der Waals surface area contributed by atoms with Gasteiger partial charge in [0.25, 0.3) is 5.56 Å². The molecule has 0 spiro atoms. The Balaban J connectivity index is 2.46. The summed E-state index contributed by atoms with van der Waals surface area (Å²) in [6.07, 6.45) is 0. The third-order valence-electron chi connectivity index (χ3n) is 3.14. The number of benzene rings is 2. The molecule has 3 rings (SSSR count). The summed E-state index contributed by atoms with van der Waals surface area (Å²) in [4.78, 5) is 17.0. The second-order valence-corrected chi connectivity index (χ2v) is 5.58. The van der Waals surface area contributed by atoms with Gasteiger partial charge < -0.3 is 0 Å². The minimum Gasteiger partial charge on any atom is -0.268 e. The fourth-order valence-electron chi connectivity index (χ4n) is 2.11. The maximum Gasteiger partial charge on any atom is 0.268 e. The summed E-state index contributed by atoms with van der Waals surface area (Å²) in [7, 11) is 0. The third-order valence-corrected chi connectivity index (χ3v) is 4.42. The van der Waals surface area contributed by atoms with Crippen molar-refractivity contribution in [2.24, 2.45) is 0 Å². The number of halogens is 2. The second-order valence-electron chi connectivity index (χ2n) is 4.45. The third kappa shape index (κ3) is 2.05. The molecule has 0 fully saturated rings. The quantitative estimate of drug-likeness (QED) is 0.620. The first-order valence-electron chi connectivity index (χ1n) is 6.02. The van der Waals surface area contributed by atoms with Gasteiger partial charge in [0.2, 0.25) is 5.28 Å². The smallest absolute Gasteiger partial charge is 0.268 e. The number of hydrogen-bond acceptors (Lipinski definition) is 2. The van der Waals surface area contributed by atoms with Gasteiger partial charge in [0.05, 0.1) is 16.6 Å². The van der Waals surface area contributed by atoms with E-state index < -0.39 is 0 Å². The predicted octanol–water partition coefficient (Wildman–Crippen LogP) is 4.11. The van der Waals surface area contributed by atoms with Crippen molar-refractivity contribution < 1.29 is 0 Å². The van der Waals surface area contributed by atoms with Crippen LogP contribution < -0.4 is 5.56 Å². The Morgan fingerprint density at radius 1 is 1.15 bits per heavy atom. The van der Waals surface area contributed by atoms with Gasteiger partial charge in [0.15, 0.2) is 0 Å². The summed E-state index contributed by atoms with van der Waals surface area (Å²) in [5.41, 5.74) is 2.09. The molecule has 0 N–H and O–H groups in total. The minimum absolute atomic E-state index is 0.157. The first kappa shape index (κ1) is 13.3. The van der Waals surface area contributed by atoms with Crippen LogP contribution in [0.2, 0.25) is 5.28 Å². The lowest BCUT2D eigenvalue weighted by atomic mass is 10.1. The zero-order valence-corrected chi connectivity index (χ0v) is 12.9. The van der Waals surface area contributed by atoms with E-state index in [9.17, 15) is 4.79 Å². The van der Waals surface area contributed by atoms with Crippen LogP contribution in [0, 0.1) is 6.92 Å². The fourth-order valence-corrected chi connectivity index (χ4v) is 2.88. The zero-order chi connectivity index (χ0) is 14.3. The van der Waals surface area contributed by atoms with Crippen molar-refractivity contribution in [2.45, 2.75) is 6.92 Å². The summed E-state index contributed by atoms with van der Waals surface area (Å²) >= 11 is 9.64. The molecule has 1 heterocycles. The molecule has 2 aromatic carbocycles. The maximum absolute atomic E-state index is 12.7. The molecule has 0 radical (unpaired) electrons. The molecule has 0 saturated heterocycles. The lowest BCUT2D eigenvalue weighted by molar-refractivity contribution is 0.963. The summed E-state index contributed by atoms with van der Waals surface area (Å²) < 4.78 is 2.17. The van der Waals surface area contributed by atoms with Gasteiger partial charge in [-0.3, -0.25) is 9.36 Å². The van der Waals surface area contributed by atoms with Crippen LogP contribution in [-0.2, 0) is 0 Å². The van der Waals surface area contributed by atoms with E-state index >= 15 is 0 Å². The maximum atomic E-state index is 12.7. The van der Waals surface area contributed by atoms with Crippen molar-refractivity contribution in [3.63, 3.8) is 0 Å². The Bertz CT molecular complexity index is 859. The SMILES string of the molecule is Cc1ccc2nc(Cl)n(-c3ccccc3)c(=O)c2c1Br. The normalized spacial score (nSPS) is 10.9. The van der Waals surface area contributed by atoms with Crippen molar-refractivity contribution in [3.8, 4) is 5.69 Å². The Labute approximate surface area is 129 Å². The van der Waals surface area contributed by atoms with Gasteiger partial charge in [-0.1, -0.05) is 24.3 Å². The molecule has 0 amide bonds. The highest BCUT2D eigenvalue weighted by Crippen LogP contribution is 2.25. The Morgan fingerprint density at radius 2 is 1.85 bits per heavy atom. The molecule has 20 heavy (non-hydrogen) atoms. The highest BCUT2D eigenvalue weighted by atomic mass is 79.9. The number of hydrogen-bond donors (Lipinski definition) is 0. The number of aromatic nitrogens is 2. The Morgan fingerprint density at radius 3 is 2.55 bits per heavy atom. The van der Waals surface area contributed by atoms with Gasteiger partial charge in [-0.2, -0.15) is 0 Å². The van der Waals surface area contributed by atoms with Crippen molar-refractivity contribution in [2.75, 3.05) is 0 Å². The van der Waals surface area contributed by atoms with Gasteiger partial charge >= 0.3 is 0 Å². The van der Waals surface area contributed by atoms with E-state index in [1.807, 2.05) is 43.3 Å². The van der Waals surface area contributed by atoms with Crippen LogP contribution in [0.4, 0.5) is 0 Å². The minimum atomic E-state index is -0.179. The van der Waals surface area contributed by atoms with E-state index in [2.05, 4.69) is 20.9 Å². The van der Waals surface area contributed by atoms with Gasteiger partial charge in [-0.25, -0.2) is 4.98 Å². The van der Waals surface area contributed by atoms with Gasteiger partial charge in [0.1, 0.15) is 0 Å². The van der Waals surface area contributed by atoms with Crippen LogP contribution in [0.1, 0.15) is 5.56 Å². The van der Waals surface area contributed by atoms with Crippen molar-refractivity contribution in [1.82, 2.24) is 9.55 Å². The van der Waals surface area contributed by atoms with E-state index in [-0.39, 0.29) is 10.8 Å². The average Bonchev–Trinajstić information content (AvgIpc) is 2.44. The molecule has 0 aliphatic heterocycles. The van der Waals surface area contributed by atoms with Crippen LogP contribution in [0.5, 0.6) is 0 Å². The molecule has 5 heteroatoms. The molecule has 0 bridgehead atoms. The number of rotatable bonds is 1. The van der Waals surface area contributed by atoms with Crippen LogP contribution in [-0.4, -0.2) is 9.55 Å². The van der Waals surface area contributed by atoms with E-state index in [0.717, 1.165) is 10.0 Å². The second kappa shape index (κ2) is 5.04. The van der Waals surface area contributed by atoms with Crippen LogP contribution in [0.3, 0.4) is 0 Å². The molecule has 3 aromatic rings. The summed E-state index contributed by atoms with van der Waals surface area (Å²) in [6, 6.07) is 13.0. The van der Waals surface area contributed by atoms with Crippen molar-refractivity contribution in [3.05, 3.63) is 68.1 Å². The van der Waals surface area contributed by atoms with Crippen LogP contribution in [0.15, 0.2) is 51.7 Å². The van der Waals surface area contributed by atoms with Gasteiger partial charge in [-0.15, -0.1) is 0 Å². The van der Waals surface area contributed by atoms with Crippen LogP contribution in [0.25, 0.3) is 16.6 Å². The molecule has 0 aliphatic rings. The molecule has 0 atom stereocenters. The van der Waals surface area contributed by atoms with Gasteiger partial charge in [-0.05, 0) is 58.2 Å². The summed E-state index contributed by atoms with van der Waals surface area (Å²) in [5.74, 6) is 0. The van der Waals surface area contributed by atoms with E-state index in [1.165, 1.54) is 4.57 Å². The molecular formula is C15H10BrClN2O. The van der Waals surface area contributed by atoms with Crippen LogP contribution >= 0.6 is 27.5 Å². The topological polar surface area (TPSA) is 34.9 Å². The van der Waals surface area contributed by atoms with E-state index in [1.54, 1.807) is 6.07 Å². The molecular weight excluding hydrogens is 340 g/mol. The van der Waals surface area contributed by atoms with Crippen molar-refractivity contribution in [1.29, 1.82) is 0 Å². The largest absolute Gasteiger partial charge is 0.268 e. The Hall–Kier alpha value is -1.65. The lowest BCUT2D eigenvalue weighted by Crippen LogP contribution is -2.21. The number of fused-ring (bicyclic) bond motifs is 1. The average molecular weight is 350 g/mol. The first-order valence-corrected chi connectivity index (χ1v) is 7.19. The molecule has 0 unspecified atom stereocenters. The summed E-state index contributed by atoms with van der Waals surface area (Å²) in [6.45, 7) is 1.93. The summed E-state index contributed by atoms with van der Waals surface area (Å²) in [5, 5.41) is 0.697. The number of aryl methyl sites for hydroxylation is 1. The first-order chi connectivity index (χ1) is 9.59. The highest BCUT2D eigenvalue weighted by Gasteiger charge is 2.14. The molecule has 0 saturated carbocycles. The fraction of sp³-hybridized carbons (Fsp3) is 0.0667.